The zero-order chi connectivity index (χ0) is 26.7. The fourth-order valence-corrected chi connectivity index (χ4v) is 8.98. The SMILES string of the molecule is C=CCN(C(=O)C1N(CCCCCCO)C(=O)[C@@H]2[C@@H](C(=O)OCC)[C@H]3CCC12S3)c1c(C)cccc1Cl. The van der Waals surface area contributed by atoms with Crippen LogP contribution in [-0.4, -0.2) is 70.1 Å². The Balaban J connectivity index is 1.73. The van der Waals surface area contributed by atoms with Crippen molar-refractivity contribution in [2.24, 2.45) is 11.8 Å². The molecule has 1 spiro atoms. The Bertz CT molecular complexity index is 1030. The molecule has 3 heterocycles. The predicted molar refractivity (Wildman–Crippen MR) is 147 cm³/mol. The largest absolute Gasteiger partial charge is 0.466 e. The van der Waals surface area contributed by atoms with Crippen molar-refractivity contribution in [2.75, 3.05) is 31.2 Å². The monoisotopic (exact) mass is 548 g/mol. The number of hydrogen-bond donors (Lipinski definition) is 1. The Kier molecular flexibility index (Phi) is 8.92. The van der Waals surface area contributed by atoms with E-state index in [2.05, 4.69) is 6.58 Å². The van der Waals surface area contributed by atoms with Crippen LogP contribution < -0.4 is 4.90 Å². The minimum atomic E-state index is -0.701. The molecule has 1 N–H and O–H groups in total. The molecule has 0 aliphatic carbocycles. The summed E-state index contributed by atoms with van der Waals surface area (Å²) < 4.78 is 4.73. The van der Waals surface area contributed by atoms with E-state index >= 15 is 0 Å². The van der Waals surface area contributed by atoms with Crippen LogP contribution in [0.4, 0.5) is 5.69 Å². The smallest absolute Gasteiger partial charge is 0.310 e. The van der Waals surface area contributed by atoms with E-state index in [-0.39, 0.29) is 42.8 Å². The third-order valence-corrected chi connectivity index (χ3v) is 10.2. The molecule has 37 heavy (non-hydrogen) atoms. The number of para-hydroxylation sites is 1. The number of nitrogens with zero attached hydrogens (tertiary/aromatic N) is 2. The van der Waals surface area contributed by atoms with Crippen LogP contribution in [0.15, 0.2) is 30.9 Å². The van der Waals surface area contributed by atoms with Crippen molar-refractivity contribution in [3.8, 4) is 0 Å². The fourth-order valence-electron chi connectivity index (χ4n) is 6.46. The average molecular weight is 549 g/mol. The summed E-state index contributed by atoms with van der Waals surface area (Å²) in [6.07, 6.45) is 6.29. The molecule has 0 radical (unpaired) electrons. The molecular weight excluding hydrogens is 512 g/mol. The summed E-state index contributed by atoms with van der Waals surface area (Å²) in [7, 11) is 0. The van der Waals surface area contributed by atoms with Crippen LogP contribution in [0, 0.1) is 18.8 Å². The number of anilines is 1. The van der Waals surface area contributed by atoms with Crippen LogP contribution in [0.1, 0.15) is 51.0 Å². The maximum absolute atomic E-state index is 14.5. The molecule has 0 saturated carbocycles. The number of halogens is 1. The maximum atomic E-state index is 14.5. The number of aliphatic hydroxyl groups excluding tert-OH is 1. The fraction of sp³-hybridized carbons (Fsp3) is 0.607. The van der Waals surface area contributed by atoms with Crippen LogP contribution in [0.3, 0.4) is 0 Å². The van der Waals surface area contributed by atoms with Gasteiger partial charge in [-0.2, -0.15) is 0 Å². The molecule has 2 bridgehead atoms. The number of carbonyl (C=O) groups is 3. The summed E-state index contributed by atoms with van der Waals surface area (Å²) in [5, 5.41) is 9.57. The van der Waals surface area contributed by atoms with Gasteiger partial charge < -0.3 is 19.6 Å². The number of amides is 2. The first-order chi connectivity index (χ1) is 17.8. The highest BCUT2D eigenvalue weighted by Gasteiger charge is 2.74. The zero-order valence-corrected chi connectivity index (χ0v) is 23.2. The number of likely N-dealkylation sites (tertiary alicyclic amines) is 1. The van der Waals surface area contributed by atoms with Gasteiger partial charge in [0.2, 0.25) is 5.91 Å². The van der Waals surface area contributed by atoms with Gasteiger partial charge in [-0.3, -0.25) is 14.4 Å². The second kappa shape index (κ2) is 11.8. The molecule has 7 nitrogen and oxygen atoms in total. The first-order valence-corrected chi connectivity index (χ1v) is 14.5. The lowest BCUT2D eigenvalue weighted by Crippen LogP contribution is -2.55. The number of fused-ring (bicyclic) bond motifs is 1. The van der Waals surface area contributed by atoms with Crippen LogP contribution >= 0.6 is 23.4 Å². The topological polar surface area (TPSA) is 87.2 Å². The molecule has 202 valence electrons. The van der Waals surface area contributed by atoms with Gasteiger partial charge in [-0.1, -0.05) is 42.7 Å². The zero-order valence-electron chi connectivity index (χ0n) is 21.7. The van der Waals surface area contributed by atoms with Crippen LogP contribution in [0.25, 0.3) is 0 Å². The van der Waals surface area contributed by atoms with Crippen molar-refractivity contribution in [1.29, 1.82) is 0 Å². The molecule has 1 aromatic carbocycles. The Morgan fingerprint density at radius 1 is 1.32 bits per heavy atom. The van der Waals surface area contributed by atoms with Gasteiger partial charge in [0, 0.05) is 24.9 Å². The summed E-state index contributed by atoms with van der Waals surface area (Å²) in [5.74, 6) is -1.74. The first-order valence-electron chi connectivity index (χ1n) is 13.3. The van der Waals surface area contributed by atoms with Crippen molar-refractivity contribution in [1.82, 2.24) is 4.90 Å². The third-order valence-electron chi connectivity index (χ3n) is 7.94. The van der Waals surface area contributed by atoms with E-state index in [4.69, 9.17) is 21.4 Å². The second-order valence-corrected chi connectivity index (χ2v) is 12.1. The van der Waals surface area contributed by atoms with E-state index in [0.717, 1.165) is 31.2 Å². The van der Waals surface area contributed by atoms with Gasteiger partial charge in [-0.25, -0.2) is 0 Å². The van der Waals surface area contributed by atoms with Gasteiger partial charge in [0.05, 0.1) is 33.9 Å². The first kappa shape index (κ1) is 28.0. The van der Waals surface area contributed by atoms with Gasteiger partial charge in [0.15, 0.2) is 0 Å². The summed E-state index contributed by atoms with van der Waals surface area (Å²) in [6.45, 7) is 8.65. The highest BCUT2D eigenvalue weighted by atomic mass is 35.5. The number of unbranched alkanes of at least 4 members (excludes halogenated alkanes) is 3. The molecule has 1 aromatic rings. The highest BCUT2D eigenvalue weighted by molar-refractivity contribution is 8.02. The van der Waals surface area contributed by atoms with E-state index in [1.165, 1.54) is 0 Å². The Morgan fingerprint density at radius 3 is 2.76 bits per heavy atom. The summed E-state index contributed by atoms with van der Waals surface area (Å²) >= 11 is 8.24. The van der Waals surface area contributed by atoms with Gasteiger partial charge in [-0.05, 0) is 51.2 Å². The lowest BCUT2D eigenvalue weighted by molar-refractivity contribution is -0.153. The van der Waals surface area contributed by atoms with E-state index < -0.39 is 22.6 Å². The van der Waals surface area contributed by atoms with Crippen molar-refractivity contribution >= 4 is 46.8 Å². The number of esters is 1. The molecule has 4 rings (SSSR count). The summed E-state index contributed by atoms with van der Waals surface area (Å²) in [6, 6.07) is 4.83. The van der Waals surface area contributed by atoms with Crippen molar-refractivity contribution < 1.29 is 24.2 Å². The standard InChI is InChI=1S/C28H37ClN2O5S/c1-4-15-30(23-18(3)11-10-12-19(23)29)26(34)24-28-14-13-20(37-28)21(27(35)36-5-2)22(28)25(33)31(24)16-8-6-7-9-17-32/h4,10-12,20-22,24,32H,1,5-9,13-17H2,2-3H3/t20-,21+,22+,24?,28?/m1/s1. The predicted octanol–water partition coefficient (Wildman–Crippen LogP) is 4.37. The number of ether oxygens (including phenoxy) is 1. The van der Waals surface area contributed by atoms with E-state index in [1.807, 2.05) is 19.1 Å². The molecule has 2 amide bonds. The molecule has 3 fully saturated rings. The lowest BCUT2D eigenvalue weighted by Gasteiger charge is -2.37. The number of rotatable bonds is 12. The molecule has 0 aromatic heterocycles. The van der Waals surface area contributed by atoms with Gasteiger partial charge in [-0.15, -0.1) is 18.3 Å². The minimum absolute atomic E-state index is 0.0232. The molecule has 5 atom stereocenters. The normalized spacial score (nSPS) is 27.9. The highest BCUT2D eigenvalue weighted by Crippen LogP contribution is 2.66. The molecule has 3 aliphatic rings. The van der Waals surface area contributed by atoms with Crippen molar-refractivity contribution in [2.45, 2.75) is 68.4 Å². The minimum Gasteiger partial charge on any atom is -0.466 e. The Morgan fingerprint density at radius 2 is 2.08 bits per heavy atom. The van der Waals surface area contributed by atoms with E-state index in [9.17, 15) is 14.4 Å². The number of aryl methyl sites for hydroxylation is 1. The molecule has 3 saturated heterocycles. The average Bonchev–Trinajstić information content (AvgIpc) is 3.50. The number of thioether (sulfide) groups is 1. The van der Waals surface area contributed by atoms with Crippen LogP contribution in [-0.2, 0) is 19.1 Å². The van der Waals surface area contributed by atoms with E-state index in [1.54, 1.807) is 40.6 Å². The van der Waals surface area contributed by atoms with E-state index in [0.29, 0.717) is 30.1 Å². The lowest BCUT2D eigenvalue weighted by atomic mass is 9.71. The number of hydrogen-bond acceptors (Lipinski definition) is 6. The van der Waals surface area contributed by atoms with Gasteiger partial charge in [0.25, 0.3) is 5.91 Å². The van der Waals surface area contributed by atoms with Crippen molar-refractivity contribution in [3.63, 3.8) is 0 Å². The summed E-state index contributed by atoms with van der Waals surface area (Å²) in [4.78, 5) is 45.0. The molecule has 9 heteroatoms. The molecule has 3 aliphatic heterocycles. The number of benzene rings is 1. The quantitative estimate of drug-likeness (QED) is 0.237. The third kappa shape index (κ3) is 4.92. The van der Waals surface area contributed by atoms with Crippen LogP contribution in [0.5, 0.6) is 0 Å². The summed E-state index contributed by atoms with van der Waals surface area (Å²) in [5.41, 5.74) is 1.49. The Labute approximate surface area is 228 Å². The van der Waals surface area contributed by atoms with Crippen molar-refractivity contribution in [3.05, 3.63) is 41.4 Å². The molecular formula is C28H37ClN2O5S. The Hall–Kier alpha value is -2.03. The number of aliphatic hydroxyl groups is 1. The second-order valence-electron chi connectivity index (χ2n) is 10.1. The van der Waals surface area contributed by atoms with Gasteiger partial charge in [0.1, 0.15) is 6.04 Å². The maximum Gasteiger partial charge on any atom is 0.310 e. The molecule has 2 unspecified atom stereocenters. The number of carbonyl (C=O) groups excluding carboxylic acids is 3. The van der Waals surface area contributed by atoms with Crippen LogP contribution in [0.2, 0.25) is 5.02 Å². The van der Waals surface area contributed by atoms with Gasteiger partial charge >= 0.3 is 5.97 Å².